The van der Waals surface area contributed by atoms with E-state index in [1.54, 1.807) is 0 Å². The third-order valence-corrected chi connectivity index (χ3v) is 13.2. The van der Waals surface area contributed by atoms with Crippen LogP contribution in [0.3, 0.4) is 0 Å². The van der Waals surface area contributed by atoms with E-state index in [1.165, 1.54) is 44.9 Å². The minimum atomic E-state index is -1.98. The SMILES string of the molecule is CC/C=C\C/C=C\C/C=C\C/C=C\CCCCC(=O)NC(COC1OC(CO)C(OC2OC(CO)C(OC3OC(CO)C(O)C(O)C3O)C(O)C2O)C(O)C1O)C(O)CCCCCCCCCCCCC. The number of aliphatic hydroxyl groups is 11. The van der Waals surface area contributed by atoms with E-state index < -0.39 is 124 Å². The first-order chi connectivity index (χ1) is 34.3. The molecule has 3 saturated heterocycles. The molecule has 71 heavy (non-hydrogen) atoms. The average Bonchev–Trinajstić information content (AvgIpc) is 3.36. The maximum atomic E-state index is 13.2. The van der Waals surface area contributed by atoms with Crippen LogP contribution in [0.25, 0.3) is 0 Å². The first-order valence-corrected chi connectivity index (χ1v) is 26.4. The lowest BCUT2D eigenvalue weighted by Gasteiger charge is -2.48. The summed E-state index contributed by atoms with van der Waals surface area (Å²) in [4.78, 5) is 13.2. The lowest BCUT2D eigenvalue weighted by Crippen LogP contribution is -2.66. The fourth-order valence-electron chi connectivity index (χ4n) is 8.77. The van der Waals surface area contributed by atoms with E-state index in [0.717, 1.165) is 57.8 Å². The molecule has 3 rings (SSSR count). The zero-order chi connectivity index (χ0) is 52.0. The van der Waals surface area contributed by atoms with Crippen LogP contribution in [0.4, 0.5) is 0 Å². The fraction of sp³-hybridized carbons (Fsp3) is 0.827. The molecular weight excluding hydrogens is 927 g/mol. The van der Waals surface area contributed by atoms with Crippen molar-refractivity contribution in [3.8, 4) is 0 Å². The number of aliphatic hydroxyl groups excluding tert-OH is 11. The molecule has 0 bridgehead atoms. The monoisotopic (exact) mass is 1020 g/mol. The molecule has 19 nitrogen and oxygen atoms in total. The number of amides is 1. The van der Waals surface area contributed by atoms with Gasteiger partial charge in [0.25, 0.3) is 0 Å². The number of nitrogens with one attached hydrogen (secondary N) is 1. The Morgan fingerprint density at radius 3 is 1.49 bits per heavy atom. The van der Waals surface area contributed by atoms with Crippen molar-refractivity contribution in [3.05, 3.63) is 48.6 Å². The Bertz CT molecular complexity index is 1500. The quantitative estimate of drug-likeness (QED) is 0.0317. The van der Waals surface area contributed by atoms with Crippen molar-refractivity contribution in [2.24, 2.45) is 0 Å². The van der Waals surface area contributed by atoms with Gasteiger partial charge in [0.1, 0.15) is 73.2 Å². The second-order valence-corrected chi connectivity index (χ2v) is 19.0. The number of allylic oxidation sites excluding steroid dienone is 8. The molecule has 1 amide bonds. The molecule has 0 aromatic rings. The Kier molecular flexibility index (Phi) is 32.5. The van der Waals surface area contributed by atoms with Crippen molar-refractivity contribution in [3.63, 3.8) is 0 Å². The van der Waals surface area contributed by atoms with Crippen LogP contribution in [0.5, 0.6) is 0 Å². The molecule has 3 aliphatic heterocycles. The van der Waals surface area contributed by atoms with Gasteiger partial charge in [-0.05, 0) is 51.4 Å². The van der Waals surface area contributed by atoms with E-state index in [0.29, 0.717) is 19.3 Å². The zero-order valence-corrected chi connectivity index (χ0v) is 42.2. The molecule has 3 aliphatic rings. The average molecular weight is 1020 g/mol. The summed E-state index contributed by atoms with van der Waals surface area (Å²) >= 11 is 0. The first kappa shape index (κ1) is 63.0. The second kappa shape index (κ2) is 36.7. The van der Waals surface area contributed by atoms with Crippen LogP contribution >= 0.6 is 0 Å². The highest BCUT2D eigenvalue weighted by atomic mass is 16.8. The minimum absolute atomic E-state index is 0.212. The van der Waals surface area contributed by atoms with Gasteiger partial charge >= 0.3 is 0 Å². The standard InChI is InChI=1S/C52H91NO18/c1-3-5-7-9-11-13-15-16-17-18-20-22-24-26-28-30-40(58)53-35(36(57)29-27-25-23-21-19-14-12-10-8-6-4-2)34-66-50-46(64)43(61)48(38(32-55)68-50)71-52-47(65)44(62)49(39(33-56)69-52)70-51-45(63)42(60)41(59)37(31-54)67-51/h5,7,11,13,16-17,20,22,35-39,41-52,54-57,59-65H,3-4,6,8-10,12,14-15,18-19,21,23-34H2,1-2H3,(H,53,58)/b7-5-,13-11-,17-16-,22-20-. The van der Waals surface area contributed by atoms with E-state index in [2.05, 4.69) is 67.8 Å². The van der Waals surface area contributed by atoms with Crippen LogP contribution in [-0.2, 0) is 33.2 Å². The molecule has 3 fully saturated rings. The fourth-order valence-corrected chi connectivity index (χ4v) is 8.77. The highest BCUT2D eigenvalue weighted by molar-refractivity contribution is 5.76. The number of carbonyl (C=O) groups excluding carboxylic acids is 1. The summed E-state index contributed by atoms with van der Waals surface area (Å²) in [7, 11) is 0. The summed E-state index contributed by atoms with van der Waals surface area (Å²) < 4.78 is 34.1. The molecular formula is C52H91NO18. The molecule has 0 saturated carbocycles. The molecule has 0 aromatic carbocycles. The van der Waals surface area contributed by atoms with Crippen LogP contribution in [0, 0.1) is 0 Å². The van der Waals surface area contributed by atoms with Crippen molar-refractivity contribution in [2.75, 3.05) is 26.4 Å². The number of hydrogen-bond acceptors (Lipinski definition) is 18. The van der Waals surface area contributed by atoms with Crippen LogP contribution in [0.1, 0.15) is 142 Å². The van der Waals surface area contributed by atoms with Crippen molar-refractivity contribution in [1.29, 1.82) is 0 Å². The summed E-state index contributed by atoms with van der Waals surface area (Å²) in [6.45, 7) is 1.58. The first-order valence-electron chi connectivity index (χ1n) is 26.4. The second-order valence-electron chi connectivity index (χ2n) is 19.0. The third kappa shape index (κ3) is 22.2. The molecule has 17 atom stereocenters. The minimum Gasteiger partial charge on any atom is -0.394 e. The molecule has 412 valence electrons. The van der Waals surface area contributed by atoms with Crippen LogP contribution in [0.15, 0.2) is 48.6 Å². The van der Waals surface area contributed by atoms with E-state index in [9.17, 15) is 61.0 Å². The maximum Gasteiger partial charge on any atom is 0.220 e. The van der Waals surface area contributed by atoms with Gasteiger partial charge in [-0.3, -0.25) is 4.79 Å². The highest BCUT2D eigenvalue weighted by Crippen LogP contribution is 2.33. The predicted octanol–water partition coefficient (Wildman–Crippen LogP) is 2.36. The van der Waals surface area contributed by atoms with E-state index >= 15 is 0 Å². The van der Waals surface area contributed by atoms with Crippen molar-refractivity contribution >= 4 is 5.91 Å². The van der Waals surface area contributed by atoms with Gasteiger partial charge in [0.05, 0.1) is 38.6 Å². The maximum absolute atomic E-state index is 13.2. The Hall–Kier alpha value is -2.25. The van der Waals surface area contributed by atoms with Gasteiger partial charge in [-0.15, -0.1) is 0 Å². The van der Waals surface area contributed by atoms with Crippen molar-refractivity contribution in [2.45, 2.75) is 247 Å². The number of hydrogen-bond donors (Lipinski definition) is 12. The Balaban J connectivity index is 1.56. The Morgan fingerprint density at radius 1 is 0.521 bits per heavy atom. The topological polar surface area (TPSA) is 307 Å². The Morgan fingerprint density at radius 2 is 0.972 bits per heavy atom. The lowest BCUT2D eigenvalue weighted by atomic mass is 9.96. The van der Waals surface area contributed by atoms with Gasteiger partial charge in [0.15, 0.2) is 18.9 Å². The summed E-state index contributed by atoms with van der Waals surface area (Å²) in [6, 6.07) is -0.907. The van der Waals surface area contributed by atoms with Gasteiger partial charge < -0.3 is 89.9 Å². The van der Waals surface area contributed by atoms with Crippen LogP contribution in [-0.4, -0.2) is 193 Å². The van der Waals surface area contributed by atoms with Crippen LogP contribution < -0.4 is 5.32 Å². The molecule has 0 aromatic heterocycles. The lowest BCUT2D eigenvalue weighted by molar-refractivity contribution is -0.379. The molecule has 0 radical (unpaired) electrons. The van der Waals surface area contributed by atoms with Gasteiger partial charge in [0, 0.05) is 6.42 Å². The molecule has 0 aliphatic carbocycles. The summed E-state index contributed by atoms with van der Waals surface area (Å²) in [5, 5.41) is 120. The van der Waals surface area contributed by atoms with E-state index in [4.69, 9.17) is 28.4 Å². The van der Waals surface area contributed by atoms with Gasteiger partial charge in [-0.25, -0.2) is 0 Å². The molecule has 0 spiro atoms. The number of carbonyl (C=O) groups is 1. The van der Waals surface area contributed by atoms with Gasteiger partial charge in [-0.1, -0.05) is 133 Å². The Labute approximate surface area is 421 Å². The van der Waals surface area contributed by atoms with E-state index in [1.807, 2.05) is 0 Å². The number of rotatable bonds is 36. The number of unbranched alkanes of at least 4 members (excludes halogenated alkanes) is 12. The summed E-state index contributed by atoms with van der Waals surface area (Å²) in [5.74, 6) is -0.288. The normalized spacial score (nSPS) is 32.7. The summed E-state index contributed by atoms with van der Waals surface area (Å²) in [6.07, 6.45) is 9.38. The molecule has 19 heteroatoms. The summed E-state index contributed by atoms with van der Waals surface area (Å²) in [5.41, 5.74) is 0. The van der Waals surface area contributed by atoms with Crippen molar-refractivity contribution in [1.82, 2.24) is 5.32 Å². The smallest absolute Gasteiger partial charge is 0.220 e. The van der Waals surface area contributed by atoms with Crippen molar-refractivity contribution < 1.29 is 89.4 Å². The highest BCUT2D eigenvalue weighted by Gasteiger charge is 2.53. The van der Waals surface area contributed by atoms with E-state index in [-0.39, 0.29) is 18.9 Å². The molecule has 12 N–H and O–H groups in total. The van der Waals surface area contributed by atoms with Gasteiger partial charge in [-0.2, -0.15) is 0 Å². The third-order valence-electron chi connectivity index (χ3n) is 13.2. The molecule has 17 unspecified atom stereocenters. The zero-order valence-electron chi connectivity index (χ0n) is 42.2. The largest absolute Gasteiger partial charge is 0.394 e. The van der Waals surface area contributed by atoms with Gasteiger partial charge in [0.2, 0.25) is 5.91 Å². The molecule has 3 heterocycles. The number of ether oxygens (including phenoxy) is 6. The van der Waals surface area contributed by atoms with Crippen LogP contribution in [0.2, 0.25) is 0 Å². The predicted molar refractivity (Wildman–Crippen MR) is 263 cm³/mol.